The highest BCUT2D eigenvalue weighted by molar-refractivity contribution is 5.78. The highest BCUT2D eigenvalue weighted by atomic mass is 16.1. The van der Waals surface area contributed by atoms with Gasteiger partial charge in [0.1, 0.15) is 5.52 Å². The first-order valence-electron chi connectivity index (χ1n) is 8.37. The van der Waals surface area contributed by atoms with E-state index in [9.17, 15) is 4.79 Å². The molecule has 0 aliphatic carbocycles. The number of nitrogens with one attached hydrogen (secondary N) is 1. The number of H-pyrrole nitrogens is 1. The zero-order valence-electron chi connectivity index (χ0n) is 15.4. The van der Waals surface area contributed by atoms with Gasteiger partial charge < -0.3 is 4.90 Å². The van der Waals surface area contributed by atoms with Crippen molar-refractivity contribution < 1.29 is 0 Å². The van der Waals surface area contributed by atoms with Gasteiger partial charge in [0.25, 0.3) is 5.56 Å². The molecule has 0 aliphatic rings. The lowest BCUT2D eigenvalue weighted by atomic mass is 9.91. The van der Waals surface area contributed by atoms with Gasteiger partial charge in [-0.05, 0) is 5.92 Å². The number of aromatic amines is 1. The van der Waals surface area contributed by atoms with E-state index in [1.54, 1.807) is 11.7 Å². The molecule has 6 nitrogen and oxygen atoms in total. The zero-order valence-corrected chi connectivity index (χ0v) is 15.4. The van der Waals surface area contributed by atoms with Gasteiger partial charge in [-0.3, -0.25) is 14.5 Å². The van der Waals surface area contributed by atoms with Crippen LogP contribution in [0.4, 0.5) is 5.95 Å². The molecule has 2 rings (SSSR count). The monoisotopic (exact) mass is 319 g/mol. The summed E-state index contributed by atoms with van der Waals surface area (Å²) >= 11 is 0. The summed E-state index contributed by atoms with van der Waals surface area (Å²) in [5.74, 6) is 1.21. The molecule has 0 saturated carbocycles. The number of fused-ring (bicyclic) bond motifs is 1. The van der Waals surface area contributed by atoms with E-state index in [0.29, 0.717) is 22.9 Å². The van der Waals surface area contributed by atoms with Crippen molar-refractivity contribution in [3.05, 3.63) is 16.0 Å². The smallest absolute Gasteiger partial charge is 0.278 e. The Hall–Kier alpha value is -1.85. The van der Waals surface area contributed by atoms with Crippen molar-refractivity contribution in [1.29, 1.82) is 0 Å². The van der Waals surface area contributed by atoms with Gasteiger partial charge >= 0.3 is 0 Å². The standard InChI is InChI=1S/C17H29N5O/c1-8-11(9-2)10-21(6)16-18-12-13(15(23)19-16)22(7)20-14(12)17(3,4)5/h11H,8-10H2,1-7H3,(H,18,19,23). The molecule has 0 radical (unpaired) electrons. The lowest BCUT2D eigenvalue weighted by Gasteiger charge is -2.23. The number of rotatable bonds is 5. The van der Waals surface area contributed by atoms with E-state index in [1.807, 2.05) is 11.9 Å². The summed E-state index contributed by atoms with van der Waals surface area (Å²) in [7, 11) is 3.78. The van der Waals surface area contributed by atoms with Gasteiger partial charge in [0.2, 0.25) is 5.95 Å². The molecule has 23 heavy (non-hydrogen) atoms. The van der Waals surface area contributed by atoms with E-state index in [2.05, 4.69) is 44.7 Å². The van der Waals surface area contributed by atoms with Gasteiger partial charge in [-0.15, -0.1) is 0 Å². The molecule has 1 N–H and O–H groups in total. The molecule has 128 valence electrons. The van der Waals surface area contributed by atoms with Crippen LogP contribution in [0.25, 0.3) is 11.0 Å². The normalized spacial score (nSPS) is 12.3. The molecule has 2 heterocycles. The second-order valence-electron chi connectivity index (χ2n) is 7.37. The summed E-state index contributed by atoms with van der Waals surface area (Å²) in [4.78, 5) is 22.2. The van der Waals surface area contributed by atoms with Crippen LogP contribution in [0.15, 0.2) is 4.79 Å². The molecule has 0 amide bonds. The Morgan fingerprint density at radius 3 is 2.39 bits per heavy atom. The molecule has 6 heteroatoms. The van der Waals surface area contributed by atoms with E-state index in [-0.39, 0.29) is 11.0 Å². The highest BCUT2D eigenvalue weighted by Gasteiger charge is 2.25. The second kappa shape index (κ2) is 6.34. The Balaban J connectivity index is 2.54. The second-order valence-corrected chi connectivity index (χ2v) is 7.37. The third-order valence-corrected chi connectivity index (χ3v) is 4.44. The van der Waals surface area contributed by atoms with Crippen molar-refractivity contribution in [2.24, 2.45) is 13.0 Å². The lowest BCUT2D eigenvalue weighted by molar-refractivity contribution is 0.491. The van der Waals surface area contributed by atoms with Crippen LogP contribution < -0.4 is 10.5 Å². The average Bonchev–Trinajstić information content (AvgIpc) is 2.82. The van der Waals surface area contributed by atoms with E-state index in [1.165, 1.54) is 0 Å². The van der Waals surface area contributed by atoms with Crippen LogP contribution in [-0.2, 0) is 12.5 Å². The molecule has 2 aromatic rings. The van der Waals surface area contributed by atoms with Gasteiger partial charge in [-0.1, -0.05) is 47.5 Å². The number of nitrogens with zero attached hydrogens (tertiary/aromatic N) is 4. The summed E-state index contributed by atoms with van der Waals surface area (Å²) in [5, 5.41) is 4.53. The number of aryl methyl sites for hydroxylation is 1. The third kappa shape index (κ3) is 3.41. The van der Waals surface area contributed by atoms with Crippen molar-refractivity contribution in [2.75, 3.05) is 18.5 Å². The highest BCUT2D eigenvalue weighted by Crippen LogP contribution is 2.27. The molecule has 2 aromatic heterocycles. The first-order chi connectivity index (χ1) is 10.7. The molecule has 0 bridgehead atoms. The summed E-state index contributed by atoms with van der Waals surface area (Å²) in [6.07, 6.45) is 2.24. The molecule has 0 saturated heterocycles. The zero-order chi connectivity index (χ0) is 17.4. The van der Waals surface area contributed by atoms with Gasteiger partial charge in [-0.25, -0.2) is 4.98 Å². The number of aromatic nitrogens is 4. The molecule has 0 spiro atoms. The summed E-state index contributed by atoms with van der Waals surface area (Å²) in [6.45, 7) is 11.5. The number of hydrogen-bond acceptors (Lipinski definition) is 4. The SMILES string of the molecule is CCC(CC)CN(C)c1nc2c(C(C)(C)C)nn(C)c2c(=O)[nH]1. The molecular formula is C17H29N5O. The van der Waals surface area contributed by atoms with Crippen molar-refractivity contribution in [3.8, 4) is 0 Å². The Kier molecular flexibility index (Phi) is 4.82. The first kappa shape index (κ1) is 17.5. The molecule has 0 aromatic carbocycles. The average molecular weight is 319 g/mol. The van der Waals surface area contributed by atoms with Crippen molar-refractivity contribution >= 4 is 17.0 Å². The lowest BCUT2D eigenvalue weighted by Crippen LogP contribution is -2.28. The van der Waals surface area contributed by atoms with Crippen LogP contribution in [0.5, 0.6) is 0 Å². The minimum absolute atomic E-state index is 0.133. The maximum Gasteiger partial charge on any atom is 0.278 e. The van der Waals surface area contributed by atoms with Gasteiger partial charge in [0.05, 0.1) is 5.69 Å². The van der Waals surface area contributed by atoms with Crippen LogP contribution >= 0.6 is 0 Å². The summed E-state index contributed by atoms with van der Waals surface area (Å²) < 4.78 is 1.63. The van der Waals surface area contributed by atoms with E-state index in [0.717, 1.165) is 25.1 Å². The van der Waals surface area contributed by atoms with Gasteiger partial charge in [-0.2, -0.15) is 5.10 Å². The maximum atomic E-state index is 12.5. The summed E-state index contributed by atoms with van der Waals surface area (Å²) in [6, 6.07) is 0. The number of anilines is 1. The predicted octanol–water partition coefficient (Wildman–Crippen LogP) is 2.83. The van der Waals surface area contributed by atoms with Gasteiger partial charge in [0.15, 0.2) is 5.52 Å². The van der Waals surface area contributed by atoms with E-state index < -0.39 is 0 Å². The molecule has 0 unspecified atom stereocenters. The van der Waals surface area contributed by atoms with Crippen LogP contribution in [0.2, 0.25) is 0 Å². The topological polar surface area (TPSA) is 66.8 Å². The van der Waals surface area contributed by atoms with Gasteiger partial charge in [0, 0.05) is 26.1 Å². The van der Waals surface area contributed by atoms with Crippen molar-refractivity contribution in [3.63, 3.8) is 0 Å². The van der Waals surface area contributed by atoms with Crippen molar-refractivity contribution in [2.45, 2.75) is 52.9 Å². The quantitative estimate of drug-likeness (QED) is 0.920. The maximum absolute atomic E-state index is 12.5. The third-order valence-electron chi connectivity index (χ3n) is 4.44. The Morgan fingerprint density at radius 2 is 1.87 bits per heavy atom. The first-order valence-corrected chi connectivity index (χ1v) is 8.37. The number of hydrogen-bond donors (Lipinski definition) is 1. The predicted molar refractivity (Wildman–Crippen MR) is 95.2 cm³/mol. The summed E-state index contributed by atoms with van der Waals surface area (Å²) in [5.41, 5.74) is 1.81. The Labute approximate surface area is 137 Å². The Bertz CT molecular complexity index is 734. The molecule has 0 atom stereocenters. The molecular weight excluding hydrogens is 290 g/mol. The van der Waals surface area contributed by atoms with Crippen LogP contribution in [-0.4, -0.2) is 33.3 Å². The minimum Gasteiger partial charge on any atom is -0.345 e. The molecule has 0 fully saturated rings. The van der Waals surface area contributed by atoms with Crippen LogP contribution in [0.3, 0.4) is 0 Å². The van der Waals surface area contributed by atoms with E-state index in [4.69, 9.17) is 4.98 Å². The fourth-order valence-electron chi connectivity index (χ4n) is 2.87. The Morgan fingerprint density at radius 1 is 1.26 bits per heavy atom. The molecule has 0 aliphatic heterocycles. The van der Waals surface area contributed by atoms with Crippen LogP contribution in [0, 0.1) is 5.92 Å². The minimum atomic E-state index is -0.161. The van der Waals surface area contributed by atoms with Crippen molar-refractivity contribution in [1.82, 2.24) is 19.7 Å². The van der Waals surface area contributed by atoms with Crippen LogP contribution in [0.1, 0.15) is 53.2 Å². The van der Waals surface area contributed by atoms with E-state index >= 15 is 0 Å². The fourth-order valence-corrected chi connectivity index (χ4v) is 2.87. The largest absolute Gasteiger partial charge is 0.345 e. The fraction of sp³-hybridized carbons (Fsp3) is 0.706.